The van der Waals surface area contributed by atoms with Crippen LogP contribution >= 0.6 is 0 Å². The minimum Gasteiger partial charge on any atom is -0.316 e. The van der Waals surface area contributed by atoms with Crippen LogP contribution in [0.25, 0.3) is 11.1 Å². The number of fused-ring (bicyclic) bond motifs is 1. The molecule has 0 bridgehead atoms. The van der Waals surface area contributed by atoms with Crippen molar-refractivity contribution in [1.29, 1.82) is 0 Å². The van der Waals surface area contributed by atoms with Gasteiger partial charge in [0.25, 0.3) is 0 Å². The zero-order valence-corrected chi connectivity index (χ0v) is 11.2. The molecule has 1 aliphatic carbocycles. The highest BCUT2D eigenvalue weighted by Gasteiger charge is 2.13. The highest BCUT2D eigenvalue weighted by Crippen LogP contribution is 2.29. The average Bonchev–Trinajstić information content (AvgIpc) is 2.86. The molecule has 0 spiro atoms. The third-order valence-electron chi connectivity index (χ3n) is 3.82. The topological polar surface area (TPSA) is 12.0 Å². The zero-order valence-electron chi connectivity index (χ0n) is 11.2. The minimum absolute atomic E-state index is 0.134. The second kappa shape index (κ2) is 5.14. The molecular weight excluding hydrogens is 237 g/mol. The van der Waals surface area contributed by atoms with Gasteiger partial charge in [0.2, 0.25) is 0 Å². The first-order valence-corrected chi connectivity index (χ1v) is 6.83. The Bertz CT molecular complexity index is 604. The summed E-state index contributed by atoms with van der Waals surface area (Å²) < 4.78 is 14.2. The lowest BCUT2D eigenvalue weighted by Gasteiger charge is -2.08. The van der Waals surface area contributed by atoms with Gasteiger partial charge in [-0.25, -0.2) is 4.39 Å². The van der Waals surface area contributed by atoms with E-state index in [4.69, 9.17) is 0 Å². The summed E-state index contributed by atoms with van der Waals surface area (Å²) in [5.41, 5.74) is 5.49. The fourth-order valence-electron chi connectivity index (χ4n) is 2.85. The van der Waals surface area contributed by atoms with Crippen LogP contribution in [0.1, 0.15) is 23.1 Å². The lowest BCUT2D eigenvalue weighted by atomic mass is 9.99. The third kappa shape index (κ3) is 2.41. The summed E-state index contributed by atoms with van der Waals surface area (Å²) in [7, 11) is 1.87. The van der Waals surface area contributed by atoms with E-state index in [1.807, 2.05) is 25.2 Å². The van der Waals surface area contributed by atoms with Crippen LogP contribution in [0.3, 0.4) is 0 Å². The van der Waals surface area contributed by atoms with Gasteiger partial charge in [-0.2, -0.15) is 0 Å². The first-order chi connectivity index (χ1) is 9.28. The Hall–Kier alpha value is -1.67. The van der Waals surface area contributed by atoms with E-state index < -0.39 is 0 Å². The van der Waals surface area contributed by atoms with Crippen molar-refractivity contribution in [2.75, 3.05) is 7.05 Å². The van der Waals surface area contributed by atoms with Gasteiger partial charge < -0.3 is 5.32 Å². The van der Waals surface area contributed by atoms with Crippen molar-refractivity contribution in [3.63, 3.8) is 0 Å². The van der Waals surface area contributed by atoms with Gasteiger partial charge in [0.15, 0.2) is 0 Å². The summed E-state index contributed by atoms with van der Waals surface area (Å²) in [5.74, 6) is -0.134. The maximum Gasteiger partial charge on any atom is 0.131 e. The summed E-state index contributed by atoms with van der Waals surface area (Å²) in [5, 5.41) is 3.04. The number of halogens is 1. The predicted octanol–water partition coefficient (Wildman–Crippen LogP) is 3.70. The van der Waals surface area contributed by atoms with Crippen LogP contribution < -0.4 is 5.32 Å². The Kier molecular flexibility index (Phi) is 3.34. The van der Waals surface area contributed by atoms with E-state index in [0.717, 1.165) is 17.5 Å². The van der Waals surface area contributed by atoms with Crippen LogP contribution in [-0.2, 0) is 19.4 Å². The molecule has 19 heavy (non-hydrogen) atoms. The molecule has 0 aliphatic heterocycles. The molecule has 3 rings (SSSR count). The van der Waals surface area contributed by atoms with Crippen LogP contribution in [0.15, 0.2) is 36.4 Å². The summed E-state index contributed by atoms with van der Waals surface area (Å²) in [6.45, 7) is 0.696. The smallest absolute Gasteiger partial charge is 0.131 e. The van der Waals surface area contributed by atoms with Crippen molar-refractivity contribution in [3.8, 4) is 11.1 Å². The summed E-state index contributed by atoms with van der Waals surface area (Å²) in [4.78, 5) is 0. The molecular formula is C17H18FN. The fourth-order valence-corrected chi connectivity index (χ4v) is 2.85. The molecule has 0 saturated carbocycles. The van der Waals surface area contributed by atoms with Gasteiger partial charge in [-0.1, -0.05) is 30.3 Å². The minimum atomic E-state index is -0.134. The standard InChI is InChI=1S/C17H18FN/c1-19-11-12-5-8-16(17(18)9-12)15-7-6-13-3-2-4-14(13)10-15/h5-10,19H,2-4,11H2,1H3. The van der Waals surface area contributed by atoms with Gasteiger partial charge in [-0.05, 0) is 54.6 Å². The SMILES string of the molecule is CNCc1ccc(-c2ccc3c(c2)CCC3)c(F)c1. The van der Waals surface area contributed by atoms with Crippen molar-refractivity contribution in [2.45, 2.75) is 25.8 Å². The molecule has 0 heterocycles. The van der Waals surface area contributed by atoms with E-state index in [1.165, 1.54) is 24.0 Å². The maximum absolute atomic E-state index is 14.2. The highest BCUT2D eigenvalue weighted by molar-refractivity contribution is 5.66. The van der Waals surface area contributed by atoms with Crippen LogP contribution in [0, 0.1) is 5.82 Å². The van der Waals surface area contributed by atoms with E-state index in [9.17, 15) is 4.39 Å². The van der Waals surface area contributed by atoms with Crippen molar-refractivity contribution < 1.29 is 4.39 Å². The Balaban J connectivity index is 1.97. The quantitative estimate of drug-likeness (QED) is 0.881. The largest absolute Gasteiger partial charge is 0.316 e. The van der Waals surface area contributed by atoms with Crippen LogP contribution in [0.4, 0.5) is 4.39 Å². The molecule has 0 amide bonds. The Morgan fingerprint density at radius 3 is 2.68 bits per heavy atom. The molecule has 0 atom stereocenters. The Morgan fingerprint density at radius 1 is 1.05 bits per heavy atom. The maximum atomic E-state index is 14.2. The average molecular weight is 255 g/mol. The molecule has 0 aromatic heterocycles. The van der Waals surface area contributed by atoms with Gasteiger partial charge in [0.1, 0.15) is 5.82 Å². The second-order valence-electron chi connectivity index (χ2n) is 5.18. The first kappa shape index (κ1) is 12.4. The molecule has 0 saturated heterocycles. The van der Waals surface area contributed by atoms with E-state index in [2.05, 4.69) is 17.4 Å². The molecule has 1 aliphatic rings. The van der Waals surface area contributed by atoms with Gasteiger partial charge in [-0.3, -0.25) is 0 Å². The van der Waals surface area contributed by atoms with Crippen molar-refractivity contribution in [3.05, 3.63) is 58.9 Å². The number of rotatable bonds is 3. The summed E-state index contributed by atoms with van der Waals surface area (Å²) in [6.07, 6.45) is 3.52. The van der Waals surface area contributed by atoms with Crippen molar-refractivity contribution in [1.82, 2.24) is 5.32 Å². The number of nitrogens with one attached hydrogen (secondary N) is 1. The van der Waals surface area contributed by atoms with Gasteiger partial charge in [-0.15, -0.1) is 0 Å². The lowest BCUT2D eigenvalue weighted by molar-refractivity contribution is 0.627. The molecule has 2 heteroatoms. The highest BCUT2D eigenvalue weighted by atomic mass is 19.1. The lowest BCUT2D eigenvalue weighted by Crippen LogP contribution is -2.05. The molecule has 0 radical (unpaired) electrons. The first-order valence-electron chi connectivity index (χ1n) is 6.83. The summed E-state index contributed by atoms with van der Waals surface area (Å²) in [6, 6.07) is 11.8. The predicted molar refractivity (Wildman–Crippen MR) is 76.6 cm³/mol. The Morgan fingerprint density at radius 2 is 1.89 bits per heavy atom. The number of benzene rings is 2. The molecule has 1 nitrogen and oxygen atoms in total. The van der Waals surface area contributed by atoms with Gasteiger partial charge in [0.05, 0.1) is 0 Å². The van der Waals surface area contributed by atoms with E-state index in [-0.39, 0.29) is 5.82 Å². The number of hydrogen-bond donors (Lipinski definition) is 1. The normalized spacial score (nSPS) is 13.6. The number of aryl methyl sites for hydroxylation is 2. The van der Waals surface area contributed by atoms with Crippen LogP contribution in [0.2, 0.25) is 0 Å². The van der Waals surface area contributed by atoms with E-state index in [0.29, 0.717) is 12.1 Å². The molecule has 2 aromatic carbocycles. The second-order valence-corrected chi connectivity index (χ2v) is 5.18. The summed E-state index contributed by atoms with van der Waals surface area (Å²) >= 11 is 0. The molecule has 1 N–H and O–H groups in total. The van der Waals surface area contributed by atoms with E-state index in [1.54, 1.807) is 6.07 Å². The Labute approximate surface area is 113 Å². The molecule has 0 fully saturated rings. The zero-order chi connectivity index (χ0) is 13.2. The third-order valence-corrected chi connectivity index (χ3v) is 3.82. The number of hydrogen-bond acceptors (Lipinski definition) is 1. The molecule has 2 aromatic rings. The van der Waals surface area contributed by atoms with Gasteiger partial charge >= 0.3 is 0 Å². The van der Waals surface area contributed by atoms with Crippen molar-refractivity contribution >= 4 is 0 Å². The van der Waals surface area contributed by atoms with E-state index >= 15 is 0 Å². The monoisotopic (exact) mass is 255 g/mol. The molecule has 0 unspecified atom stereocenters. The van der Waals surface area contributed by atoms with Crippen LogP contribution in [0.5, 0.6) is 0 Å². The van der Waals surface area contributed by atoms with Crippen molar-refractivity contribution in [2.24, 2.45) is 0 Å². The van der Waals surface area contributed by atoms with Crippen LogP contribution in [-0.4, -0.2) is 7.05 Å². The fraction of sp³-hybridized carbons (Fsp3) is 0.294. The van der Waals surface area contributed by atoms with Gasteiger partial charge in [0, 0.05) is 12.1 Å². The molecule has 98 valence electrons.